The van der Waals surface area contributed by atoms with Gasteiger partial charge in [-0.3, -0.25) is 0 Å². The van der Waals surface area contributed by atoms with Crippen LogP contribution in [-0.2, 0) is 0 Å². The molecule has 0 unspecified atom stereocenters. The van der Waals surface area contributed by atoms with E-state index in [-0.39, 0.29) is 0 Å². The summed E-state index contributed by atoms with van der Waals surface area (Å²) < 4.78 is 14.8. The van der Waals surface area contributed by atoms with Crippen LogP contribution >= 0.6 is 0 Å². The lowest BCUT2D eigenvalue weighted by Gasteiger charge is -2.29. The van der Waals surface area contributed by atoms with E-state index in [1.54, 1.807) is 0 Å². The maximum Gasteiger partial charge on any atom is 0.143 e. The Kier molecular flexibility index (Phi) is 14.5. The van der Waals surface area contributed by atoms with Crippen molar-refractivity contribution in [2.24, 2.45) is 0 Å². The molecule has 2 heterocycles. The van der Waals surface area contributed by atoms with Gasteiger partial charge in [-0.05, 0) is 151 Å². The Balaban J connectivity index is 0.702. The Morgan fingerprint density at radius 2 is 0.473 bits per heavy atom. The van der Waals surface area contributed by atoms with Crippen LogP contribution < -0.4 is 19.6 Å². The summed E-state index contributed by atoms with van der Waals surface area (Å²) in [5.41, 5.74) is 18.1. The third-order valence-corrected chi connectivity index (χ3v) is 22.4. The lowest BCUT2D eigenvalue weighted by Crippen LogP contribution is -2.11. The molecule has 0 fully saturated rings. The van der Waals surface area contributed by atoms with E-state index in [0.29, 0.717) is 0 Å². The molecule has 6 nitrogen and oxygen atoms in total. The molecule has 0 aliphatic carbocycles. The highest BCUT2D eigenvalue weighted by Gasteiger charge is 2.29. The average Bonchev–Trinajstić information content (AvgIpc) is 1.54. The summed E-state index contributed by atoms with van der Waals surface area (Å²) in [6, 6.07) is 146. The molecule has 6 heteroatoms. The Bertz CT molecular complexity index is 7440. The summed E-state index contributed by atoms with van der Waals surface area (Å²) in [5, 5.41) is 22.2. The summed E-state index contributed by atoms with van der Waals surface area (Å²) in [6.45, 7) is 0. The van der Waals surface area contributed by atoms with E-state index in [9.17, 15) is 0 Å². The van der Waals surface area contributed by atoms with Gasteiger partial charge in [-0.25, -0.2) is 0 Å². The standard InChI is InChI=1S/C104H66N4O2/c1-3-35-75(36-4-1)105(79-58-54-67-26-7-9-30-72(67)61-79)95-63-91-101-87-46-19-15-42-83(87)97(65-99(101)109-103(91)89-48-21-17-44-85(89)95)106(80-59-55-68-27-8-10-31-73(68)62-80)78-39-23-34-74(60-78)69-52-56-77(57-53-69)108(94-51-25-33-71-29-12-14-41-82(71)94)96-64-92-102-88-47-20-16-43-84(88)98(66-100(102)110-104(92)90-49-22-18-45-86(90)96)107(76-37-5-2-6-38-76)93-50-24-32-70-28-11-13-40-81(70)93/h1-66H. The van der Waals surface area contributed by atoms with Gasteiger partial charge in [0.2, 0.25) is 0 Å². The fourth-order valence-corrected chi connectivity index (χ4v) is 17.5. The molecule has 0 radical (unpaired) electrons. The van der Waals surface area contributed by atoms with Gasteiger partial charge in [-0.1, -0.05) is 291 Å². The van der Waals surface area contributed by atoms with Crippen LogP contribution in [0.4, 0.5) is 68.2 Å². The van der Waals surface area contributed by atoms with Crippen molar-refractivity contribution in [2.75, 3.05) is 19.6 Å². The first-order valence-electron chi connectivity index (χ1n) is 37.6. The van der Waals surface area contributed by atoms with Gasteiger partial charge in [-0.2, -0.15) is 0 Å². The monoisotopic (exact) mass is 1400 g/mol. The van der Waals surface area contributed by atoms with E-state index < -0.39 is 0 Å². The van der Waals surface area contributed by atoms with E-state index in [2.05, 4.69) is 420 Å². The molecule has 514 valence electrons. The highest BCUT2D eigenvalue weighted by Crippen LogP contribution is 2.54. The topological polar surface area (TPSA) is 39.2 Å². The Hall–Kier alpha value is -14.7. The lowest BCUT2D eigenvalue weighted by molar-refractivity contribution is 0.672. The largest absolute Gasteiger partial charge is 0.455 e. The van der Waals surface area contributed by atoms with E-state index in [1.165, 1.54) is 26.9 Å². The number of rotatable bonds is 13. The molecule has 0 saturated carbocycles. The van der Waals surface area contributed by atoms with Crippen LogP contribution in [-0.4, -0.2) is 0 Å². The summed E-state index contributed by atoms with van der Waals surface area (Å²) in [4.78, 5) is 9.70. The zero-order valence-electron chi connectivity index (χ0n) is 59.7. The van der Waals surface area contributed by atoms with Gasteiger partial charge in [0, 0.05) is 111 Å². The predicted molar refractivity (Wildman–Crippen MR) is 465 cm³/mol. The predicted octanol–water partition coefficient (Wildman–Crippen LogP) is 30.3. The molecule has 22 aromatic rings. The molecule has 0 aliphatic heterocycles. The Morgan fingerprint density at radius 1 is 0.155 bits per heavy atom. The fourth-order valence-electron chi connectivity index (χ4n) is 17.5. The number of benzene rings is 20. The second kappa shape index (κ2) is 25.5. The number of fused-ring (bicyclic) bond motifs is 18. The molecule has 0 aliphatic rings. The van der Waals surface area contributed by atoms with Crippen molar-refractivity contribution in [1.29, 1.82) is 0 Å². The fraction of sp³-hybridized carbons (Fsp3) is 0. The van der Waals surface area contributed by atoms with Gasteiger partial charge in [0.15, 0.2) is 0 Å². The minimum absolute atomic E-state index is 0.805. The zero-order valence-corrected chi connectivity index (χ0v) is 59.7. The molecule has 0 spiro atoms. The van der Waals surface area contributed by atoms with Crippen LogP contribution in [0.1, 0.15) is 0 Å². The summed E-state index contributed by atoms with van der Waals surface area (Å²) in [6.07, 6.45) is 0. The second-order valence-corrected chi connectivity index (χ2v) is 28.6. The highest BCUT2D eigenvalue weighted by atomic mass is 16.3. The van der Waals surface area contributed by atoms with Crippen LogP contribution in [0.5, 0.6) is 0 Å². The quantitative estimate of drug-likeness (QED) is 0.115. The van der Waals surface area contributed by atoms with Gasteiger partial charge in [0.05, 0.1) is 34.1 Å². The average molecular weight is 1400 g/mol. The van der Waals surface area contributed by atoms with Crippen molar-refractivity contribution in [1.82, 2.24) is 0 Å². The lowest BCUT2D eigenvalue weighted by atomic mass is 9.97. The van der Waals surface area contributed by atoms with Crippen molar-refractivity contribution in [2.45, 2.75) is 0 Å². The summed E-state index contributed by atoms with van der Waals surface area (Å²) in [7, 11) is 0. The first-order chi connectivity index (χ1) is 54.6. The number of nitrogens with zero attached hydrogens (tertiary/aromatic N) is 4. The molecule has 0 N–H and O–H groups in total. The molecule has 20 aromatic carbocycles. The van der Waals surface area contributed by atoms with Crippen molar-refractivity contribution >= 4 is 198 Å². The first kappa shape index (κ1) is 62.6. The number of hydrogen-bond donors (Lipinski definition) is 0. The van der Waals surface area contributed by atoms with Crippen LogP contribution in [0.15, 0.2) is 409 Å². The summed E-state index contributed by atoms with van der Waals surface area (Å²) in [5.74, 6) is 0. The number of furan rings is 2. The zero-order chi connectivity index (χ0) is 72.3. The SMILES string of the molecule is c1ccc(N(c2ccc3ccccc3c2)c2cc3c(oc4cc(N(c5cccc(-c6ccc(N(c7cccc8ccccc78)c7cc8c(oc9cc(N(c%10ccccc%10)c%10cccc%11ccccc%10%11)c%10ccccc%10c98)c8ccccc78)cc6)c5)c5ccc6ccccc6c5)c5ccccc5c43)c3ccccc23)cc1. The van der Waals surface area contributed by atoms with Gasteiger partial charge in [-0.15, -0.1) is 0 Å². The van der Waals surface area contributed by atoms with Gasteiger partial charge in [0.25, 0.3) is 0 Å². The van der Waals surface area contributed by atoms with Crippen LogP contribution in [0.25, 0.3) is 141 Å². The van der Waals surface area contributed by atoms with Crippen molar-refractivity contribution in [3.8, 4) is 11.1 Å². The van der Waals surface area contributed by atoms with Gasteiger partial charge in [0.1, 0.15) is 22.3 Å². The van der Waals surface area contributed by atoms with Crippen molar-refractivity contribution < 1.29 is 8.83 Å². The van der Waals surface area contributed by atoms with Crippen LogP contribution in [0.3, 0.4) is 0 Å². The molecule has 110 heavy (non-hydrogen) atoms. The minimum Gasteiger partial charge on any atom is -0.455 e. The Morgan fingerprint density at radius 3 is 0.964 bits per heavy atom. The van der Waals surface area contributed by atoms with E-state index in [0.717, 1.165) is 183 Å². The maximum atomic E-state index is 7.39. The molecule has 0 atom stereocenters. The second-order valence-electron chi connectivity index (χ2n) is 28.6. The smallest absolute Gasteiger partial charge is 0.143 e. The third-order valence-electron chi connectivity index (χ3n) is 22.4. The molecule has 0 bridgehead atoms. The normalized spacial score (nSPS) is 11.8. The van der Waals surface area contributed by atoms with E-state index in [4.69, 9.17) is 8.83 Å². The first-order valence-corrected chi connectivity index (χ1v) is 37.6. The minimum atomic E-state index is 0.805. The molecule has 0 saturated heterocycles. The molecular weight excluding hydrogens is 1340 g/mol. The van der Waals surface area contributed by atoms with E-state index in [1.807, 2.05) is 0 Å². The summed E-state index contributed by atoms with van der Waals surface area (Å²) >= 11 is 0. The molecular formula is C104H66N4O2. The number of anilines is 12. The van der Waals surface area contributed by atoms with Gasteiger partial charge >= 0.3 is 0 Å². The number of hydrogen-bond acceptors (Lipinski definition) is 6. The van der Waals surface area contributed by atoms with Gasteiger partial charge < -0.3 is 28.4 Å². The van der Waals surface area contributed by atoms with Crippen molar-refractivity contribution in [3.63, 3.8) is 0 Å². The van der Waals surface area contributed by atoms with E-state index >= 15 is 0 Å². The Labute approximate surface area is 634 Å². The van der Waals surface area contributed by atoms with Crippen LogP contribution in [0, 0.1) is 0 Å². The molecule has 0 amide bonds. The maximum absolute atomic E-state index is 7.39. The number of para-hydroxylation sites is 2. The van der Waals surface area contributed by atoms with Crippen LogP contribution in [0.2, 0.25) is 0 Å². The molecule has 2 aromatic heterocycles. The van der Waals surface area contributed by atoms with Crippen molar-refractivity contribution in [3.05, 3.63) is 400 Å². The highest BCUT2D eigenvalue weighted by molar-refractivity contribution is 6.30. The molecule has 22 rings (SSSR count). The third kappa shape index (κ3) is 10.2.